The molecule has 3 nitrogen and oxygen atoms in total. The van der Waals surface area contributed by atoms with Crippen LogP contribution in [0.2, 0.25) is 0 Å². The van der Waals surface area contributed by atoms with Crippen molar-refractivity contribution in [1.29, 1.82) is 0 Å². The van der Waals surface area contributed by atoms with Crippen molar-refractivity contribution in [3.63, 3.8) is 0 Å². The second kappa shape index (κ2) is 8.34. The molecule has 0 saturated heterocycles. The maximum absolute atomic E-state index is 13.1. The fourth-order valence-corrected chi connectivity index (χ4v) is 2.85. The van der Waals surface area contributed by atoms with Crippen LogP contribution in [0.1, 0.15) is 37.7 Å². The van der Waals surface area contributed by atoms with Crippen molar-refractivity contribution in [2.24, 2.45) is 5.92 Å². The van der Waals surface area contributed by atoms with Gasteiger partial charge in [-0.25, -0.2) is 8.78 Å². The molecule has 1 aliphatic rings. The normalized spacial score (nSPS) is 18.5. The van der Waals surface area contributed by atoms with Crippen molar-refractivity contribution >= 4 is 15.7 Å². The lowest BCUT2D eigenvalue weighted by molar-refractivity contribution is -0.0498. The van der Waals surface area contributed by atoms with Crippen LogP contribution in [0.3, 0.4) is 0 Å². The molecule has 4 radical (unpaired) electrons. The topological polar surface area (TPSA) is 41.5 Å². The van der Waals surface area contributed by atoms with Crippen LogP contribution in [0.5, 0.6) is 5.75 Å². The van der Waals surface area contributed by atoms with Crippen LogP contribution in [-0.2, 0) is 6.42 Å². The van der Waals surface area contributed by atoms with Crippen LogP contribution in [0.4, 0.5) is 8.78 Å². The molecule has 0 unspecified atom stereocenters. The summed E-state index contributed by atoms with van der Waals surface area (Å²) in [4.78, 5) is 0. The SMILES string of the molecule is [B]C([B])(O)NCCCc1cccc(OCC2CCC(F)(F)CC2)c1. The van der Waals surface area contributed by atoms with E-state index in [9.17, 15) is 8.78 Å². The van der Waals surface area contributed by atoms with Gasteiger partial charge in [-0.3, -0.25) is 0 Å². The van der Waals surface area contributed by atoms with Gasteiger partial charge in [-0.15, -0.1) is 0 Å². The molecule has 24 heavy (non-hydrogen) atoms. The van der Waals surface area contributed by atoms with Crippen LogP contribution in [0, 0.1) is 5.92 Å². The van der Waals surface area contributed by atoms with E-state index in [4.69, 9.17) is 25.5 Å². The molecule has 128 valence electrons. The van der Waals surface area contributed by atoms with E-state index in [-0.39, 0.29) is 18.8 Å². The Morgan fingerprint density at radius 1 is 1.29 bits per heavy atom. The zero-order valence-corrected chi connectivity index (χ0v) is 13.8. The van der Waals surface area contributed by atoms with Gasteiger partial charge >= 0.3 is 0 Å². The minimum Gasteiger partial charge on any atom is -0.493 e. The second-order valence-corrected chi connectivity index (χ2v) is 6.61. The number of ether oxygens (including phenoxy) is 1. The highest BCUT2D eigenvalue weighted by Gasteiger charge is 2.34. The Balaban J connectivity index is 1.72. The molecule has 7 heteroatoms. The number of hydrogen-bond donors (Lipinski definition) is 2. The lowest BCUT2D eigenvalue weighted by Gasteiger charge is -2.28. The summed E-state index contributed by atoms with van der Waals surface area (Å²) in [6, 6.07) is 7.73. The summed E-state index contributed by atoms with van der Waals surface area (Å²) < 4.78 is 32.1. The summed E-state index contributed by atoms with van der Waals surface area (Å²) in [6.07, 6.45) is 2.50. The number of alkyl halides is 2. The van der Waals surface area contributed by atoms with E-state index in [1.807, 2.05) is 24.3 Å². The third kappa shape index (κ3) is 7.22. The first kappa shape index (κ1) is 19.3. The van der Waals surface area contributed by atoms with E-state index in [1.54, 1.807) is 0 Å². The lowest BCUT2D eigenvalue weighted by Crippen LogP contribution is -2.46. The molecule has 0 heterocycles. The third-order valence-corrected chi connectivity index (χ3v) is 4.27. The summed E-state index contributed by atoms with van der Waals surface area (Å²) >= 11 is 0. The first-order valence-electron chi connectivity index (χ1n) is 8.38. The van der Waals surface area contributed by atoms with Crippen LogP contribution in [-0.4, -0.2) is 45.4 Å². The molecule has 1 aromatic carbocycles. The van der Waals surface area contributed by atoms with Gasteiger partial charge in [0.25, 0.3) is 0 Å². The molecule has 1 aromatic rings. The largest absolute Gasteiger partial charge is 0.493 e. The van der Waals surface area contributed by atoms with E-state index in [0.717, 1.165) is 24.2 Å². The van der Waals surface area contributed by atoms with E-state index < -0.39 is 11.4 Å². The lowest BCUT2D eigenvalue weighted by atomic mass is 9.73. The first-order chi connectivity index (χ1) is 11.2. The second-order valence-electron chi connectivity index (χ2n) is 6.61. The van der Waals surface area contributed by atoms with Gasteiger partial charge in [-0.2, -0.15) is 0 Å². The Morgan fingerprint density at radius 3 is 2.67 bits per heavy atom. The summed E-state index contributed by atoms with van der Waals surface area (Å²) in [5, 5.41) is 11.8. The van der Waals surface area contributed by atoms with E-state index >= 15 is 0 Å². The Morgan fingerprint density at radius 2 is 2.00 bits per heavy atom. The van der Waals surface area contributed by atoms with Crippen molar-refractivity contribution in [1.82, 2.24) is 5.32 Å². The molecule has 0 spiro atoms. The van der Waals surface area contributed by atoms with Gasteiger partial charge in [0.2, 0.25) is 5.92 Å². The van der Waals surface area contributed by atoms with Gasteiger partial charge in [0.05, 0.1) is 6.61 Å². The Labute approximate surface area is 145 Å². The predicted molar refractivity (Wildman–Crippen MR) is 91.6 cm³/mol. The molecule has 1 saturated carbocycles. The van der Waals surface area contributed by atoms with Gasteiger partial charge in [-0.1, -0.05) is 12.1 Å². The fourth-order valence-electron chi connectivity index (χ4n) is 2.85. The van der Waals surface area contributed by atoms with Crippen molar-refractivity contribution < 1.29 is 18.6 Å². The Bertz CT molecular complexity index is 514. The fraction of sp³-hybridized carbons (Fsp3) is 0.647. The number of aryl methyl sites for hydroxylation is 1. The standard InChI is InChI=1S/C17H23B2F2NO2/c18-17(19,23)22-10-2-4-13-3-1-5-15(11-13)24-12-14-6-8-16(20,21)9-7-14/h1,3,5,11,14,22-23H,2,4,6-10,12H2. The highest BCUT2D eigenvalue weighted by atomic mass is 19.3. The molecular formula is C17H23B2F2NO2. The van der Waals surface area contributed by atoms with Gasteiger partial charge in [-0.05, 0) is 55.8 Å². The van der Waals surface area contributed by atoms with Crippen molar-refractivity contribution in [2.75, 3.05) is 13.2 Å². The summed E-state index contributed by atoms with van der Waals surface area (Å²) in [6.45, 7) is 0.972. The first-order valence-corrected chi connectivity index (χ1v) is 8.38. The zero-order chi connectivity index (χ0) is 17.6. The van der Waals surface area contributed by atoms with E-state index in [2.05, 4.69) is 5.32 Å². The van der Waals surface area contributed by atoms with Crippen LogP contribution >= 0.6 is 0 Å². The Kier molecular flexibility index (Phi) is 6.70. The zero-order valence-electron chi connectivity index (χ0n) is 13.8. The maximum Gasteiger partial charge on any atom is 0.248 e. The van der Waals surface area contributed by atoms with Crippen molar-refractivity contribution in [2.45, 2.75) is 50.0 Å². The molecule has 0 bridgehead atoms. The quantitative estimate of drug-likeness (QED) is 0.436. The number of hydrogen-bond acceptors (Lipinski definition) is 3. The van der Waals surface area contributed by atoms with Gasteiger partial charge < -0.3 is 15.2 Å². The van der Waals surface area contributed by atoms with Crippen LogP contribution in [0.15, 0.2) is 24.3 Å². The highest BCUT2D eigenvalue weighted by molar-refractivity contribution is 6.38. The maximum atomic E-state index is 13.1. The summed E-state index contributed by atoms with van der Waals surface area (Å²) in [5.41, 5.74) is -0.746. The molecule has 0 atom stereocenters. The predicted octanol–water partition coefficient (Wildman–Crippen LogP) is 2.35. The number of halogens is 2. The molecule has 2 rings (SSSR count). The molecular weight excluding hydrogens is 310 g/mol. The average Bonchev–Trinajstić information content (AvgIpc) is 2.50. The monoisotopic (exact) mass is 333 g/mol. The minimum absolute atomic E-state index is 0.0390. The Hall–Kier alpha value is -1.07. The number of benzene rings is 1. The van der Waals surface area contributed by atoms with Gasteiger partial charge in [0.15, 0.2) is 0 Å². The van der Waals surface area contributed by atoms with Gasteiger partial charge in [0.1, 0.15) is 21.4 Å². The number of rotatable bonds is 8. The molecule has 0 amide bonds. The highest BCUT2D eigenvalue weighted by Crippen LogP contribution is 2.36. The molecule has 1 aliphatic carbocycles. The minimum atomic E-state index is -2.50. The van der Waals surface area contributed by atoms with Crippen molar-refractivity contribution in [3.05, 3.63) is 29.8 Å². The van der Waals surface area contributed by atoms with Crippen LogP contribution in [0.25, 0.3) is 0 Å². The average molecular weight is 333 g/mol. The van der Waals surface area contributed by atoms with Crippen molar-refractivity contribution in [3.8, 4) is 5.75 Å². The smallest absolute Gasteiger partial charge is 0.248 e. The van der Waals surface area contributed by atoms with E-state index in [0.29, 0.717) is 26.0 Å². The third-order valence-electron chi connectivity index (χ3n) is 4.27. The number of aliphatic hydroxyl groups is 1. The number of nitrogens with one attached hydrogen (secondary N) is 1. The van der Waals surface area contributed by atoms with E-state index in [1.165, 1.54) is 0 Å². The molecule has 2 N–H and O–H groups in total. The van der Waals surface area contributed by atoms with Gasteiger partial charge in [0, 0.05) is 18.4 Å². The molecule has 0 aliphatic heterocycles. The molecule has 1 fully saturated rings. The molecule has 0 aromatic heterocycles. The van der Waals surface area contributed by atoms with Crippen LogP contribution < -0.4 is 10.1 Å². The summed E-state index contributed by atoms with van der Waals surface area (Å²) in [5.74, 6) is -1.54. The summed E-state index contributed by atoms with van der Waals surface area (Å²) in [7, 11) is 10.4.